The summed E-state index contributed by atoms with van der Waals surface area (Å²) in [5.74, 6) is 0.425. The van der Waals surface area contributed by atoms with Crippen LogP contribution in [0.15, 0.2) is 18.3 Å². The molecule has 100 valence electrons. The number of carboxylic acid groups (broad SMARTS) is 1. The van der Waals surface area contributed by atoms with Gasteiger partial charge in [-0.05, 0) is 23.6 Å². The smallest absolute Gasteiger partial charge is 0.407 e. The molecule has 1 aliphatic rings. The van der Waals surface area contributed by atoms with Crippen LogP contribution < -0.4 is 4.74 Å². The molecule has 1 N–H and O–H groups in total. The minimum Gasteiger partial charge on any atom is -0.494 e. The number of ether oxygens (including phenoxy) is 1. The molecule has 1 aliphatic heterocycles. The van der Waals surface area contributed by atoms with Crippen LogP contribution in [0.2, 0.25) is 0 Å². The van der Waals surface area contributed by atoms with Crippen molar-refractivity contribution in [3.8, 4) is 5.75 Å². The first-order valence-electron chi connectivity index (χ1n) is 5.82. The van der Waals surface area contributed by atoms with Gasteiger partial charge in [0.2, 0.25) is 0 Å². The molecule has 2 heterocycles. The van der Waals surface area contributed by atoms with Crippen molar-refractivity contribution >= 4 is 18.0 Å². The Morgan fingerprint density at radius 2 is 2.37 bits per heavy atom. The molecular formula is C13H14N2O4. The quantitative estimate of drug-likeness (QED) is 0.838. The summed E-state index contributed by atoms with van der Waals surface area (Å²) in [6.07, 6.45) is 3.81. The van der Waals surface area contributed by atoms with E-state index in [0.29, 0.717) is 31.5 Å². The van der Waals surface area contributed by atoms with E-state index in [2.05, 4.69) is 4.98 Å². The largest absolute Gasteiger partial charge is 0.494 e. The van der Waals surface area contributed by atoms with E-state index >= 15 is 0 Å². The van der Waals surface area contributed by atoms with Crippen LogP contribution in [0.1, 0.15) is 22.5 Å². The first-order chi connectivity index (χ1) is 9.15. The molecule has 0 spiro atoms. The van der Waals surface area contributed by atoms with Crippen LogP contribution in [0.4, 0.5) is 4.79 Å². The molecule has 0 saturated carbocycles. The fourth-order valence-electron chi connectivity index (χ4n) is 1.99. The summed E-state index contributed by atoms with van der Waals surface area (Å²) in [5, 5.41) is 8.87. The maximum atomic E-state index is 10.8. The number of amides is 1. The lowest BCUT2D eigenvalue weighted by Crippen LogP contribution is -2.33. The van der Waals surface area contributed by atoms with Gasteiger partial charge in [-0.15, -0.1) is 0 Å². The van der Waals surface area contributed by atoms with E-state index in [4.69, 9.17) is 9.84 Å². The van der Waals surface area contributed by atoms with Crippen LogP contribution in [0.5, 0.6) is 5.75 Å². The lowest BCUT2D eigenvalue weighted by Gasteiger charge is -2.23. The standard InChI is InChI=1S/C13H14N2O4/c1-19-12-6-10(7-14-11(12)8-16)9-2-4-15(5-3-9)13(17)18/h2,6-8H,3-5H2,1H3,(H,17,18). The molecule has 0 atom stereocenters. The number of aldehydes is 1. The number of pyridine rings is 1. The van der Waals surface area contributed by atoms with Crippen LogP contribution in [0.3, 0.4) is 0 Å². The minimum absolute atomic E-state index is 0.259. The average Bonchev–Trinajstić information content (AvgIpc) is 2.46. The molecule has 0 fully saturated rings. The summed E-state index contributed by atoms with van der Waals surface area (Å²) in [5.41, 5.74) is 2.13. The number of carbonyl (C=O) groups is 2. The molecule has 0 saturated heterocycles. The summed E-state index contributed by atoms with van der Waals surface area (Å²) in [4.78, 5) is 26.9. The van der Waals surface area contributed by atoms with Gasteiger partial charge in [-0.3, -0.25) is 4.79 Å². The Bertz CT molecular complexity index is 539. The predicted octanol–water partition coefficient (Wildman–Crippen LogP) is 1.67. The maximum absolute atomic E-state index is 10.8. The Kier molecular flexibility index (Phi) is 3.79. The molecule has 0 bridgehead atoms. The number of nitrogens with zero attached hydrogens (tertiary/aromatic N) is 2. The van der Waals surface area contributed by atoms with E-state index in [1.807, 2.05) is 6.08 Å². The first-order valence-corrected chi connectivity index (χ1v) is 5.82. The Hall–Kier alpha value is -2.37. The fourth-order valence-corrected chi connectivity index (χ4v) is 1.99. The van der Waals surface area contributed by atoms with Crippen molar-refractivity contribution in [2.24, 2.45) is 0 Å². The number of carbonyl (C=O) groups excluding carboxylic acids is 1. The third-order valence-corrected chi connectivity index (χ3v) is 3.06. The van der Waals surface area contributed by atoms with E-state index in [9.17, 15) is 9.59 Å². The van der Waals surface area contributed by atoms with E-state index < -0.39 is 6.09 Å². The van der Waals surface area contributed by atoms with Gasteiger partial charge in [0.1, 0.15) is 11.4 Å². The van der Waals surface area contributed by atoms with Gasteiger partial charge in [0.05, 0.1) is 7.11 Å². The molecule has 1 amide bonds. The second kappa shape index (κ2) is 5.51. The molecule has 1 aromatic rings. The number of hydrogen-bond donors (Lipinski definition) is 1. The zero-order valence-electron chi connectivity index (χ0n) is 10.5. The second-order valence-corrected chi connectivity index (χ2v) is 4.14. The summed E-state index contributed by atoms with van der Waals surface area (Å²) in [6, 6.07) is 1.75. The van der Waals surface area contributed by atoms with Gasteiger partial charge in [0.25, 0.3) is 0 Å². The van der Waals surface area contributed by atoms with E-state index in [1.165, 1.54) is 12.0 Å². The monoisotopic (exact) mass is 262 g/mol. The normalized spacial score (nSPS) is 14.8. The Morgan fingerprint density at radius 1 is 1.58 bits per heavy atom. The Labute approximate surface area is 110 Å². The van der Waals surface area contributed by atoms with E-state index in [0.717, 1.165) is 11.1 Å². The second-order valence-electron chi connectivity index (χ2n) is 4.14. The highest BCUT2D eigenvalue weighted by Gasteiger charge is 2.17. The van der Waals surface area contributed by atoms with Crippen molar-refractivity contribution in [2.45, 2.75) is 6.42 Å². The zero-order valence-corrected chi connectivity index (χ0v) is 10.5. The predicted molar refractivity (Wildman–Crippen MR) is 68.4 cm³/mol. The average molecular weight is 262 g/mol. The highest BCUT2D eigenvalue weighted by atomic mass is 16.5. The molecule has 0 aliphatic carbocycles. The minimum atomic E-state index is -0.915. The number of methoxy groups -OCH3 is 1. The molecular weight excluding hydrogens is 248 g/mol. The van der Waals surface area contributed by atoms with Gasteiger partial charge in [0.15, 0.2) is 6.29 Å². The molecule has 19 heavy (non-hydrogen) atoms. The highest BCUT2D eigenvalue weighted by molar-refractivity contribution is 5.78. The summed E-state index contributed by atoms with van der Waals surface area (Å²) in [6.45, 7) is 0.821. The van der Waals surface area contributed by atoms with Crippen molar-refractivity contribution in [1.29, 1.82) is 0 Å². The summed E-state index contributed by atoms with van der Waals surface area (Å²) >= 11 is 0. The number of hydrogen-bond acceptors (Lipinski definition) is 4. The number of aromatic nitrogens is 1. The van der Waals surface area contributed by atoms with Gasteiger partial charge in [-0.2, -0.15) is 0 Å². The SMILES string of the molecule is COc1cc(C2=CCN(C(=O)O)CC2)cnc1C=O. The van der Waals surface area contributed by atoms with Crippen LogP contribution in [0, 0.1) is 0 Å². The molecule has 2 rings (SSSR count). The third kappa shape index (κ3) is 2.73. The third-order valence-electron chi connectivity index (χ3n) is 3.06. The van der Waals surface area contributed by atoms with Crippen LogP contribution in [-0.2, 0) is 0 Å². The molecule has 6 nitrogen and oxygen atoms in total. The van der Waals surface area contributed by atoms with Gasteiger partial charge in [-0.1, -0.05) is 6.08 Å². The first kappa shape index (κ1) is 13.1. The Morgan fingerprint density at radius 3 is 2.89 bits per heavy atom. The van der Waals surface area contributed by atoms with Gasteiger partial charge in [0, 0.05) is 19.3 Å². The topological polar surface area (TPSA) is 79.7 Å². The van der Waals surface area contributed by atoms with E-state index in [-0.39, 0.29) is 5.69 Å². The molecule has 0 aromatic carbocycles. The lowest BCUT2D eigenvalue weighted by molar-refractivity contribution is 0.111. The van der Waals surface area contributed by atoms with Crippen LogP contribution in [-0.4, -0.2) is 47.6 Å². The Balaban J connectivity index is 2.24. The van der Waals surface area contributed by atoms with Crippen molar-refractivity contribution < 1.29 is 19.4 Å². The summed E-state index contributed by atoms with van der Waals surface area (Å²) in [7, 11) is 1.48. The zero-order chi connectivity index (χ0) is 13.8. The van der Waals surface area contributed by atoms with Crippen molar-refractivity contribution in [3.63, 3.8) is 0 Å². The molecule has 0 unspecified atom stereocenters. The lowest BCUT2D eigenvalue weighted by atomic mass is 10.0. The van der Waals surface area contributed by atoms with Crippen LogP contribution >= 0.6 is 0 Å². The molecule has 1 aromatic heterocycles. The van der Waals surface area contributed by atoms with Gasteiger partial charge in [-0.25, -0.2) is 9.78 Å². The summed E-state index contributed by atoms with van der Waals surface area (Å²) < 4.78 is 5.10. The van der Waals surface area contributed by atoms with E-state index in [1.54, 1.807) is 12.3 Å². The highest BCUT2D eigenvalue weighted by Crippen LogP contribution is 2.26. The van der Waals surface area contributed by atoms with Crippen molar-refractivity contribution in [3.05, 3.63) is 29.6 Å². The van der Waals surface area contributed by atoms with Gasteiger partial charge < -0.3 is 14.7 Å². The molecule has 6 heteroatoms. The van der Waals surface area contributed by atoms with Crippen LogP contribution in [0.25, 0.3) is 5.57 Å². The molecule has 0 radical (unpaired) electrons. The maximum Gasteiger partial charge on any atom is 0.407 e. The van der Waals surface area contributed by atoms with Crippen molar-refractivity contribution in [1.82, 2.24) is 9.88 Å². The fraction of sp³-hybridized carbons (Fsp3) is 0.308. The van der Waals surface area contributed by atoms with Gasteiger partial charge >= 0.3 is 6.09 Å². The van der Waals surface area contributed by atoms with Crippen molar-refractivity contribution in [2.75, 3.05) is 20.2 Å². The number of rotatable bonds is 3.